The van der Waals surface area contributed by atoms with Crippen LogP contribution in [-0.4, -0.2) is 33.2 Å². The Morgan fingerprint density at radius 1 is 0.788 bits per heavy atom. The first-order chi connectivity index (χ1) is 15.9. The summed E-state index contributed by atoms with van der Waals surface area (Å²) in [6.45, 7) is 4.72. The molecule has 5 nitrogen and oxygen atoms in total. The number of allylic oxidation sites excluding steroid dienone is 2. The fourth-order valence-corrected chi connectivity index (χ4v) is 4.34. The quantitative estimate of drug-likeness (QED) is 0.371. The molecule has 0 bridgehead atoms. The van der Waals surface area contributed by atoms with Gasteiger partial charge >= 0.3 is 0 Å². The fraction of sp³-hybridized carbons (Fsp3) is 0.346. The monoisotopic (exact) mass is 490 g/mol. The Hall–Kier alpha value is -2.63. The van der Waals surface area contributed by atoms with Crippen molar-refractivity contribution in [2.75, 3.05) is 27.4 Å². The predicted octanol–water partition coefficient (Wildman–Crippen LogP) is 7.03. The van der Waals surface area contributed by atoms with Gasteiger partial charge < -0.3 is 18.9 Å². The summed E-state index contributed by atoms with van der Waals surface area (Å²) in [5.41, 5.74) is 3.02. The summed E-state index contributed by atoms with van der Waals surface area (Å²) in [4.78, 5) is 13.2. The average molecular weight is 491 g/mol. The highest BCUT2D eigenvalue weighted by molar-refractivity contribution is 6.33. The van der Waals surface area contributed by atoms with Gasteiger partial charge in [-0.25, -0.2) is 0 Å². The van der Waals surface area contributed by atoms with Crippen LogP contribution in [-0.2, 0) is 4.79 Å². The van der Waals surface area contributed by atoms with Crippen LogP contribution in [0.2, 0.25) is 10.0 Å². The van der Waals surface area contributed by atoms with Crippen LogP contribution in [0.3, 0.4) is 0 Å². The van der Waals surface area contributed by atoms with Gasteiger partial charge in [-0.3, -0.25) is 4.79 Å². The summed E-state index contributed by atoms with van der Waals surface area (Å²) in [6.07, 6.45) is 5.98. The van der Waals surface area contributed by atoms with Crippen molar-refractivity contribution in [2.24, 2.45) is 0 Å². The number of carbonyl (C=O) groups is 1. The van der Waals surface area contributed by atoms with E-state index >= 15 is 0 Å². The van der Waals surface area contributed by atoms with Crippen molar-refractivity contribution in [3.8, 4) is 23.0 Å². The van der Waals surface area contributed by atoms with Crippen molar-refractivity contribution in [1.29, 1.82) is 0 Å². The second kappa shape index (κ2) is 11.5. The lowest BCUT2D eigenvalue weighted by molar-refractivity contribution is -0.112. The summed E-state index contributed by atoms with van der Waals surface area (Å²) in [5.74, 6) is 2.08. The molecule has 0 heterocycles. The molecule has 33 heavy (non-hydrogen) atoms. The van der Waals surface area contributed by atoms with E-state index in [9.17, 15) is 4.79 Å². The Kier molecular flexibility index (Phi) is 8.70. The Balaban J connectivity index is 1.93. The molecule has 2 aromatic carbocycles. The van der Waals surface area contributed by atoms with Crippen molar-refractivity contribution in [3.63, 3.8) is 0 Å². The van der Waals surface area contributed by atoms with Gasteiger partial charge in [0.1, 0.15) is 0 Å². The molecule has 1 saturated carbocycles. The molecule has 0 aromatic heterocycles. The molecule has 3 rings (SSSR count). The molecule has 176 valence electrons. The van der Waals surface area contributed by atoms with E-state index in [1.54, 1.807) is 26.4 Å². The van der Waals surface area contributed by atoms with Crippen LogP contribution in [0, 0.1) is 0 Å². The van der Waals surface area contributed by atoms with E-state index < -0.39 is 0 Å². The molecule has 1 aliphatic carbocycles. The first kappa shape index (κ1) is 25.0. The zero-order valence-corrected chi connectivity index (χ0v) is 20.8. The van der Waals surface area contributed by atoms with Gasteiger partial charge in [0.25, 0.3) is 0 Å². The number of carbonyl (C=O) groups excluding carboxylic acids is 1. The van der Waals surface area contributed by atoms with Gasteiger partial charge in [-0.1, -0.05) is 23.2 Å². The summed E-state index contributed by atoms with van der Waals surface area (Å²) < 4.78 is 22.0. The average Bonchev–Trinajstić information content (AvgIpc) is 2.79. The van der Waals surface area contributed by atoms with Gasteiger partial charge in [0, 0.05) is 11.1 Å². The zero-order valence-electron chi connectivity index (χ0n) is 19.3. The van der Waals surface area contributed by atoms with E-state index in [1.165, 1.54) is 0 Å². The molecule has 0 amide bonds. The Morgan fingerprint density at radius 3 is 1.58 bits per heavy atom. The molecule has 0 atom stereocenters. The lowest BCUT2D eigenvalue weighted by Crippen LogP contribution is -2.12. The maximum Gasteiger partial charge on any atom is 0.185 e. The van der Waals surface area contributed by atoms with Crippen LogP contribution in [0.5, 0.6) is 23.0 Å². The van der Waals surface area contributed by atoms with E-state index in [2.05, 4.69) is 0 Å². The van der Waals surface area contributed by atoms with Crippen LogP contribution in [0.1, 0.15) is 44.2 Å². The smallest absolute Gasteiger partial charge is 0.185 e. The summed E-state index contributed by atoms with van der Waals surface area (Å²) in [5, 5.41) is 0.886. The first-order valence-corrected chi connectivity index (χ1v) is 11.6. The largest absolute Gasteiger partial charge is 0.493 e. The third kappa shape index (κ3) is 5.84. The standard InChI is InChI=1S/C26H28Cl2O5/c1-5-32-25-20(27)12-16(14-22(25)30-3)10-18-8-7-9-19(24(18)29)11-17-13-21(28)26(33-6-2)23(15-17)31-4/h10-15H,5-9H2,1-4H3/b18-10-,19-11-. The summed E-state index contributed by atoms with van der Waals surface area (Å²) in [7, 11) is 3.13. The molecule has 0 radical (unpaired) electrons. The van der Waals surface area contributed by atoms with E-state index in [0.29, 0.717) is 59.1 Å². The molecule has 0 unspecified atom stereocenters. The SMILES string of the molecule is CCOc1c(Cl)cc(/C=C2/CCC/C(=C/c3cc(Cl)c(OCC)c(OC)c3)C2=O)cc1OC. The summed E-state index contributed by atoms with van der Waals surface area (Å²) in [6, 6.07) is 7.22. The minimum atomic E-state index is 0.00852. The number of ether oxygens (including phenoxy) is 4. The predicted molar refractivity (Wildman–Crippen MR) is 133 cm³/mol. The topological polar surface area (TPSA) is 54.0 Å². The summed E-state index contributed by atoms with van der Waals surface area (Å²) >= 11 is 12.8. The molecular weight excluding hydrogens is 463 g/mol. The molecule has 1 aliphatic rings. The molecule has 2 aromatic rings. The Morgan fingerprint density at radius 2 is 1.21 bits per heavy atom. The van der Waals surface area contributed by atoms with Crippen LogP contribution in [0.15, 0.2) is 35.4 Å². The van der Waals surface area contributed by atoms with Gasteiger partial charge in [-0.05, 0) is 80.7 Å². The molecule has 1 fully saturated rings. The van der Waals surface area contributed by atoms with Gasteiger partial charge in [0.15, 0.2) is 28.8 Å². The van der Waals surface area contributed by atoms with E-state index in [4.69, 9.17) is 42.1 Å². The van der Waals surface area contributed by atoms with E-state index in [-0.39, 0.29) is 5.78 Å². The number of Topliss-reactive ketones (excluding diaryl/α,β-unsaturated/α-hetero) is 1. The maximum atomic E-state index is 13.2. The minimum Gasteiger partial charge on any atom is -0.493 e. The second-order valence-electron chi connectivity index (χ2n) is 7.46. The third-order valence-corrected chi connectivity index (χ3v) is 5.80. The van der Waals surface area contributed by atoms with Crippen LogP contribution < -0.4 is 18.9 Å². The highest BCUT2D eigenvalue weighted by Crippen LogP contribution is 2.39. The van der Waals surface area contributed by atoms with Crippen molar-refractivity contribution in [3.05, 3.63) is 56.6 Å². The number of hydrogen-bond acceptors (Lipinski definition) is 5. The van der Waals surface area contributed by atoms with Crippen LogP contribution in [0.4, 0.5) is 0 Å². The number of halogens is 2. The van der Waals surface area contributed by atoms with Crippen molar-refractivity contribution < 1.29 is 23.7 Å². The molecule has 0 spiro atoms. The van der Waals surface area contributed by atoms with Gasteiger partial charge in [0.2, 0.25) is 0 Å². The lowest BCUT2D eigenvalue weighted by Gasteiger charge is -2.18. The fourth-order valence-electron chi connectivity index (χ4n) is 3.80. The molecule has 0 N–H and O–H groups in total. The number of rotatable bonds is 8. The van der Waals surface area contributed by atoms with Gasteiger partial charge in [-0.2, -0.15) is 0 Å². The Labute approximate surface area is 204 Å². The van der Waals surface area contributed by atoms with Gasteiger partial charge in [0.05, 0.1) is 37.5 Å². The van der Waals surface area contributed by atoms with Crippen molar-refractivity contribution in [1.82, 2.24) is 0 Å². The highest BCUT2D eigenvalue weighted by atomic mass is 35.5. The lowest BCUT2D eigenvalue weighted by atomic mass is 9.87. The zero-order chi connectivity index (χ0) is 24.0. The number of methoxy groups -OCH3 is 2. The first-order valence-electron chi connectivity index (χ1n) is 10.9. The van der Waals surface area contributed by atoms with Crippen molar-refractivity contribution >= 4 is 41.1 Å². The number of ketones is 1. The van der Waals surface area contributed by atoms with Crippen molar-refractivity contribution in [2.45, 2.75) is 33.1 Å². The molecule has 0 saturated heterocycles. The molecular formula is C26H28Cl2O5. The van der Waals surface area contributed by atoms with Crippen LogP contribution >= 0.6 is 23.2 Å². The van der Waals surface area contributed by atoms with Crippen LogP contribution in [0.25, 0.3) is 12.2 Å². The second-order valence-corrected chi connectivity index (χ2v) is 8.27. The maximum absolute atomic E-state index is 13.2. The molecule has 0 aliphatic heterocycles. The number of benzene rings is 2. The normalized spacial score (nSPS) is 16.2. The molecule has 7 heteroatoms. The van der Waals surface area contributed by atoms with E-state index in [1.807, 2.05) is 38.1 Å². The van der Waals surface area contributed by atoms with Gasteiger partial charge in [-0.15, -0.1) is 0 Å². The minimum absolute atomic E-state index is 0.00852. The Bertz CT molecular complexity index is 1010. The third-order valence-electron chi connectivity index (χ3n) is 5.24. The number of hydrogen-bond donors (Lipinski definition) is 0. The highest BCUT2D eigenvalue weighted by Gasteiger charge is 2.22. The van der Waals surface area contributed by atoms with E-state index in [0.717, 1.165) is 28.7 Å².